The third-order valence-corrected chi connectivity index (χ3v) is 3.23. The van der Waals surface area contributed by atoms with Crippen molar-refractivity contribution in [3.05, 3.63) is 48.5 Å². The van der Waals surface area contributed by atoms with Crippen molar-refractivity contribution < 1.29 is 5.11 Å². The van der Waals surface area contributed by atoms with Gasteiger partial charge < -0.3 is 10.8 Å². The molecule has 0 spiro atoms. The minimum absolute atomic E-state index is 0.0873. The maximum absolute atomic E-state index is 9.14. The Morgan fingerprint density at radius 3 is 2.75 bits per heavy atom. The molecule has 0 unspecified atom stereocenters. The zero-order chi connectivity index (χ0) is 13.9. The number of rotatable bonds is 3. The van der Waals surface area contributed by atoms with Crippen LogP contribution in [0.2, 0.25) is 0 Å². The third-order valence-electron chi connectivity index (χ3n) is 3.23. The molecule has 0 atom stereocenters. The Kier molecular flexibility index (Phi) is 3.26. The van der Waals surface area contributed by atoms with E-state index in [0.29, 0.717) is 12.2 Å². The van der Waals surface area contributed by atoms with Gasteiger partial charge in [-0.2, -0.15) is 0 Å². The topological polar surface area (TPSA) is 84.9 Å². The number of nitrogens with zero attached hydrogens (tertiary/aromatic N) is 3. The SMILES string of the molecule is Nc1nc(-c2cnccc2CCO)cc2ccncc12. The second-order valence-corrected chi connectivity index (χ2v) is 4.50. The number of nitrogen functional groups attached to an aromatic ring is 1. The van der Waals surface area contributed by atoms with Crippen LogP contribution < -0.4 is 5.73 Å². The summed E-state index contributed by atoms with van der Waals surface area (Å²) in [4.78, 5) is 12.6. The Labute approximate surface area is 116 Å². The van der Waals surface area contributed by atoms with Crippen molar-refractivity contribution in [2.75, 3.05) is 12.3 Å². The fourth-order valence-corrected chi connectivity index (χ4v) is 2.24. The lowest BCUT2D eigenvalue weighted by molar-refractivity contribution is 0.300. The van der Waals surface area contributed by atoms with E-state index in [4.69, 9.17) is 10.8 Å². The number of pyridine rings is 3. The Morgan fingerprint density at radius 2 is 1.90 bits per heavy atom. The molecule has 100 valence electrons. The molecule has 0 bridgehead atoms. The number of nitrogens with two attached hydrogens (primary N) is 1. The molecule has 3 aromatic rings. The van der Waals surface area contributed by atoms with Gasteiger partial charge in [0, 0.05) is 42.3 Å². The first-order valence-corrected chi connectivity index (χ1v) is 6.34. The highest BCUT2D eigenvalue weighted by Gasteiger charge is 2.09. The number of anilines is 1. The van der Waals surface area contributed by atoms with E-state index in [-0.39, 0.29) is 6.61 Å². The van der Waals surface area contributed by atoms with Crippen LogP contribution in [0.3, 0.4) is 0 Å². The van der Waals surface area contributed by atoms with Crippen LogP contribution in [0.4, 0.5) is 5.82 Å². The first-order valence-electron chi connectivity index (χ1n) is 6.34. The lowest BCUT2D eigenvalue weighted by Gasteiger charge is -2.09. The lowest BCUT2D eigenvalue weighted by atomic mass is 10.0. The summed E-state index contributed by atoms with van der Waals surface area (Å²) in [7, 11) is 0. The maximum atomic E-state index is 9.14. The van der Waals surface area contributed by atoms with Gasteiger partial charge in [0.2, 0.25) is 0 Å². The number of aliphatic hydroxyl groups excluding tert-OH is 1. The molecule has 20 heavy (non-hydrogen) atoms. The third kappa shape index (κ3) is 2.19. The van der Waals surface area contributed by atoms with Gasteiger partial charge in [-0.15, -0.1) is 0 Å². The monoisotopic (exact) mass is 266 g/mol. The zero-order valence-corrected chi connectivity index (χ0v) is 10.8. The zero-order valence-electron chi connectivity index (χ0n) is 10.8. The lowest BCUT2D eigenvalue weighted by Crippen LogP contribution is -1.99. The molecule has 0 radical (unpaired) electrons. The van der Waals surface area contributed by atoms with E-state index < -0.39 is 0 Å². The van der Waals surface area contributed by atoms with Crippen LogP contribution in [0.15, 0.2) is 43.0 Å². The summed E-state index contributed by atoms with van der Waals surface area (Å²) < 4.78 is 0. The van der Waals surface area contributed by atoms with Gasteiger partial charge in [0.25, 0.3) is 0 Å². The largest absolute Gasteiger partial charge is 0.396 e. The fraction of sp³-hybridized carbons (Fsp3) is 0.133. The van der Waals surface area contributed by atoms with Crippen LogP contribution in [-0.4, -0.2) is 26.7 Å². The molecule has 0 fully saturated rings. The van der Waals surface area contributed by atoms with Crippen molar-refractivity contribution in [2.45, 2.75) is 6.42 Å². The van der Waals surface area contributed by atoms with Gasteiger partial charge >= 0.3 is 0 Å². The quantitative estimate of drug-likeness (QED) is 0.755. The molecule has 3 N–H and O–H groups in total. The second-order valence-electron chi connectivity index (χ2n) is 4.50. The fourth-order valence-electron chi connectivity index (χ4n) is 2.24. The van der Waals surface area contributed by atoms with Crippen LogP contribution in [-0.2, 0) is 6.42 Å². The number of aromatic nitrogens is 3. The van der Waals surface area contributed by atoms with Gasteiger partial charge in [0.15, 0.2) is 0 Å². The second kappa shape index (κ2) is 5.22. The minimum Gasteiger partial charge on any atom is -0.396 e. The molecular weight excluding hydrogens is 252 g/mol. The molecule has 5 heteroatoms. The summed E-state index contributed by atoms with van der Waals surface area (Å²) >= 11 is 0. The highest BCUT2D eigenvalue weighted by molar-refractivity contribution is 5.93. The molecule has 0 aliphatic rings. The summed E-state index contributed by atoms with van der Waals surface area (Å²) in [6.07, 6.45) is 7.46. The molecule has 5 nitrogen and oxygen atoms in total. The van der Waals surface area contributed by atoms with E-state index in [0.717, 1.165) is 27.6 Å². The number of hydrogen-bond donors (Lipinski definition) is 2. The van der Waals surface area contributed by atoms with Gasteiger partial charge in [-0.05, 0) is 35.6 Å². The van der Waals surface area contributed by atoms with E-state index in [1.54, 1.807) is 24.8 Å². The summed E-state index contributed by atoms with van der Waals surface area (Å²) in [5.74, 6) is 0.449. The van der Waals surface area contributed by atoms with Crippen LogP contribution in [0.5, 0.6) is 0 Å². The predicted octanol–water partition coefficient (Wildman–Crippen LogP) is 1.81. The molecule has 0 aromatic carbocycles. The first kappa shape index (κ1) is 12.5. The average Bonchev–Trinajstić information content (AvgIpc) is 2.48. The molecule has 0 aliphatic carbocycles. The van der Waals surface area contributed by atoms with Gasteiger partial charge in [-0.1, -0.05) is 0 Å². The number of fused-ring (bicyclic) bond motifs is 1. The van der Waals surface area contributed by atoms with Crippen molar-refractivity contribution in [2.24, 2.45) is 0 Å². The van der Waals surface area contributed by atoms with E-state index in [9.17, 15) is 0 Å². The van der Waals surface area contributed by atoms with Crippen molar-refractivity contribution in [1.82, 2.24) is 15.0 Å². The first-order chi connectivity index (χ1) is 9.79. The molecule has 3 heterocycles. The summed E-state index contributed by atoms with van der Waals surface area (Å²) in [6, 6.07) is 5.75. The average molecular weight is 266 g/mol. The molecule has 3 aromatic heterocycles. The van der Waals surface area contributed by atoms with Crippen molar-refractivity contribution >= 4 is 16.6 Å². The van der Waals surface area contributed by atoms with Gasteiger partial charge in [0.05, 0.1) is 5.69 Å². The van der Waals surface area contributed by atoms with E-state index >= 15 is 0 Å². The van der Waals surface area contributed by atoms with Crippen LogP contribution in [0.25, 0.3) is 22.0 Å². The van der Waals surface area contributed by atoms with Crippen molar-refractivity contribution in [3.63, 3.8) is 0 Å². The van der Waals surface area contributed by atoms with Gasteiger partial charge in [0.1, 0.15) is 5.82 Å². The number of hydrogen-bond acceptors (Lipinski definition) is 5. The Hall–Kier alpha value is -2.53. The van der Waals surface area contributed by atoms with E-state index in [1.165, 1.54) is 0 Å². The molecule has 0 aliphatic heterocycles. The molecule has 0 saturated heterocycles. The Morgan fingerprint density at radius 1 is 1.10 bits per heavy atom. The normalized spacial score (nSPS) is 10.8. The highest BCUT2D eigenvalue weighted by atomic mass is 16.2. The van der Waals surface area contributed by atoms with E-state index in [1.807, 2.05) is 18.2 Å². The van der Waals surface area contributed by atoms with E-state index in [2.05, 4.69) is 15.0 Å². The Balaban J connectivity index is 2.20. The van der Waals surface area contributed by atoms with Crippen LogP contribution >= 0.6 is 0 Å². The molecule has 0 amide bonds. The van der Waals surface area contributed by atoms with Crippen molar-refractivity contribution in [3.8, 4) is 11.3 Å². The van der Waals surface area contributed by atoms with Crippen LogP contribution in [0, 0.1) is 0 Å². The summed E-state index contributed by atoms with van der Waals surface area (Å²) in [5.41, 5.74) is 8.66. The van der Waals surface area contributed by atoms with Crippen molar-refractivity contribution in [1.29, 1.82) is 0 Å². The summed E-state index contributed by atoms with van der Waals surface area (Å²) in [5, 5.41) is 11.0. The van der Waals surface area contributed by atoms with Crippen LogP contribution in [0.1, 0.15) is 5.56 Å². The predicted molar refractivity (Wildman–Crippen MR) is 78.0 cm³/mol. The smallest absolute Gasteiger partial charge is 0.133 e. The molecule has 0 saturated carbocycles. The summed E-state index contributed by atoms with van der Waals surface area (Å²) in [6.45, 7) is 0.0873. The van der Waals surface area contributed by atoms with Gasteiger partial charge in [-0.3, -0.25) is 9.97 Å². The maximum Gasteiger partial charge on any atom is 0.133 e. The molecule has 3 rings (SSSR count). The standard InChI is InChI=1S/C15H14N4O/c16-15-13-9-18-5-2-11(13)7-14(19-15)12-8-17-4-1-10(12)3-6-20/h1-2,4-5,7-9,20H,3,6H2,(H2,16,19). The highest BCUT2D eigenvalue weighted by Crippen LogP contribution is 2.27. The molecular formula is C15H14N4O. The minimum atomic E-state index is 0.0873. The van der Waals surface area contributed by atoms with Gasteiger partial charge in [-0.25, -0.2) is 4.98 Å². The number of aliphatic hydroxyl groups is 1. The Bertz CT molecular complexity index is 758.